The summed E-state index contributed by atoms with van der Waals surface area (Å²) in [7, 11) is 0. The number of fused-ring (bicyclic) bond motifs is 6. The third kappa shape index (κ3) is 5.71. The summed E-state index contributed by atoms with van der Waals surface area (Å²) in [5.41, 5.74) is 14.2. The molecule has 2 nitrogen and oxygen atoms in total. The molecule has 57 heavy (non-hydrogen) atoms. The smallest absolute Gasteiger partial charge is 0.0718 e. The van der Waals surface area contributed by atoms with Crippen molar-refractivity contribution >= 4 is 70.4 Å². The lowest BCUT2D eigenvalue weighted by molar-refractivity contribution is 1.18. The Hall–Kier alpha value is -7.20. The summed E-state index contributed by atoms with van der Waals surface area (Å²) in [6, 6.07) is 79.3. The topological polar surface area (TPSA) is 8.17 Å². The average molecular weight is 745 g/mol. The molecule has 0 fully saturated rings. The molecule has 0 saturated heterocycles. The predicted octanol–water partition coefficient (Wildman–Crippen LogP) is 15.6. The molecule has 0 unspecified atom stereocenters. The number of aromatic nitrogens is 1. The molecule has 0 saturated carbocycles. The first-order valence-corrected chi connectivity index (χ1v) is 20.2. The molecule has 2 aromatic heterocycles. The predicted molar refractivity (Wildman–Crippen MR) is 245 cm³/mol. The number of benzene rings is 9. The fraction of sp³-hybridized carbons (Fsp3) is 0. The lowest BCUT2D eigenvalue weighted by Gasteiger charge is -2.29. The highest BCUT2D eigenvalue weighted by Gasteiger charge is 2.23. The molecule has 0 N–H and O–H groups in total. The zero-order valence-corrected chi connectivity index (χ0v) is 31.9. The minimum Gasteiger partial charge on any atom is -0.309 e. The third-order valence-corrected chi connectivity index (χ3v) is 12.4. The van der Waals surface area contributed by atoms with Gasteiger partial charge in [0.2, 0.25) is 0 Å². The maximum Gasteiger partial charge on any atom is 0.0718 e. The number of thiophene rings is 1. The standard InChI is InChI=1S/C54H36N2S/c1-4-14-37(15-5-1)39-24-29-43(30-25-39)55(42-18-8-3-9-19-42)53-45(33-34-48-47-21-11-13-23-52(47)57-54(48)53)41-28-35-51-49(36-41)46-20-10-12-22-50(46)56(51)44-31-26-40(27-32-44)38-16-6-2-7-17-38/h1-36H. The number of anilines is 3. The Labute approximate surface area is 335 Å². The van der Waals surface area contributed by atoms with E-state index in [1.54, 1.807) is 0 Å². The van der Waals surface area contributed by atoms with Crippen LogP contribution in [0.4, 0.5) is 17.1 Å². The van der Waals surface area contributed by atoms with Crippen molar-refractivity contribution in [2.24, 2.45) is 0 Å². The first-order chi connectivity index (χ1) is 28.3. The Morgan fingerprint density at radius 2 is 0.877 bits per heavy atom. The number of para-hydroxylation sites is 2. The number of hydrogen-bond donors (Lipinski definition) is 0. The van der Waals surface area contributed by atoms with E-state index >= 15 is 0 Å². The number of hydrogen-bond acceptors (Lipinski definition) is 2. The third-order valence-electron chi connectivity index (χ3n) is 11.2. The van der Waals surface area contributed by atoms with E-state index in [0.29, 0.717) is 0 Å². The SMILES string of the molecule is c1ccc(-c2ccc(N(c3ccccc3)c3c(-c4ccc5c(c4)c4ccccc4n5-c4ccc(-c5ccccc5)cc4)ccc4c3sc3ccccc34)cc2)cc1. The van der Waals surface area contributed by atoms with Gasteiger partial charge in [-0.3, -0.25) is 0 Å². The minimum absolute atomic E-state index is 1.11. The summed E-state index contributed by atoms with van der Waals surface area (Å²) in [5.74, 6) is 0. The van der Waals surface area contributed by atoms with E-state index in [1.807, 2.05) is 11.3 Å². The van der Waals surface area contributed by atoms with E-state index in [4.69, 9.17) is 0 Å². The van der Waals surface area contributed by atoms with Crippen molar-refractivity contribution in [1.29, 1.82) is 0 Å². The summed E-state index contributed by atoms with van der Waals surface area (Å²) < 4.78 is 4.96. The molecule has 11 aromatic rings. The van der Waals surface area contributed by atoms with E-state index < -0.39 is 0 Å². The van der Waals surface area contributed by atoms with Crippen LogP contribution in [-0.2, 0) is 0 Å². The van der Waals surface area contributed by atoms with Crippen molar-refractivity contribution < 1.29 is 0 Å². The highest BCUT2D eigenvalue weighted by atomic mass is 32.1. The zero-order chi connectivity index (χ0) is 37.7. The molecular formula is C54H36N2S. The van der Waals surface area contributed by atoms with Crippen molar-refractivity contribution in [3.63, 3.8) is 0 Å². The molecule has 3 heteroatoms. The van der Waals surface area contributed by atoms with Gasteiger partial charge in [0.15, 0.2) is 0 Å². The van der Waals surface area contributed by atoms with Crippen LogP contribution in [0.5, 0.6) is 0 Å². The second-order valence-corrected chi connectivity index (χ2v) is 15.6. The quantitative estimate of drug-likeness (QED) is 0.158. The monoisotopic (exact) mass is 744 g/mol. The van der Waals surface area contributed by atoms with Gasteiger partial charge in [-0.15, -0.1) is 11.3 Å². The molecule has 0 spiro atoms. The van der Waals surface area contributed by atoms with Crippen LogP contribution in [0, 0.1) is 0 Å². The van der Waals surface area contributed by atoms with Crippen molar-refractivity contribution in [3.05, 3.63) is 218 Å². The molecule has 0 aliphatic rings. The summed E-state index contributed by atoms with van der Waals surface area (Å²) in [5, 5.41) is 5.03. The lowest BCUT2D eigenvalue weighted by atomic mass is 9.97. The average Bonchev–Trinajstić information content (AvgIpc) is 3.84. The molecule has 0 aliphatic heterocycles. The molecule has 0 atom stereocenters. The van der Waals surface area contributed by atoms with Crippen molar-refractivity contribution in [2.45, 2.75) is 0 Å². The Balaban J connectivity index is 1.13. The Kier molecular flexibility index (Phi) is 8.04. The maximum absolute atomic E-state index is 2.46. The van der Waals surface area contributed by atoms with Gasteiger partial charge < -0.3 is 9.47 Å². The lowest BCUT2D eigenvalue weighted by Crippen LogP contribution is -2.11. The van der Waals surface area contributed by atoms with Crippen molar-refractivity contribution in [3.8, 4) is 39.1 Å². The Morgan fingerprint density at radius 1 is 0.351 bits per heavy atom. The molecule has 268 valence electrons. The van der Waals surface area contributed by atoms with Gasteiger partial charge in [0.05, 0.1) is 21.4 Å². The second kappa shape index (κ2) is 13.8. The van der Waals surface area contributed by atoms with E-state index in [-0.39, 0.29) is 0 Å². The van der Waals surface area contributed by atoms with Crippen molar-refractivity contribution in [2.75, 3.05) is 4.90 Å². The minimum atomic E-state index is 1.11. The molecule has 0 aliphatic carbocycles. The van der Waals surface area contributed by atoms with Gasteiger partial charge in [-0.05, 0) is 88.5 Å². The Bertz CT molecular complexity index is 3200. The maximum atomic E-state index is 2.46. The van der Waals surface area contributed by atoms with Crippen molar-refractivity contribution in [1.82, 2.24) is 4.57 Å². The van der Waals surface area contributed by atoms with Crippen LogP contribution < -0.4 is 4.90 Å². The number of nitrogens with zero attached hydrogens (tertiary/aromatic N) is 2. The largest absolute Gasteiger partial charge is 0.309 e. The highest BCUT2D eigenvalue weighted by Crippen LogP contribution is 2.50. The van der Waals surface area contributed by atoms with Gasteiger partial charge in [-0.2, -0.15) is 0 Å². The molecule has 9 aromatic carbocycles. The molecule has 0 radical (unpaired) electrons. The van der Waals surface area contributed by atoms with Crippen LogP contribution in [-0.4, -0.2) is 4.57 Å². The van der Waals surface area contributed by atoms with Crippen LogP contribution in [0.1, 0.15) is 0 Å². The Morgan fingerprint density at radius 3 is 1.58 bits per heavy atom. The fourth-order valence-corrected chi connectivity index (χ4v) is 9.74. The van der Waals surface area contributed by atoms with Gasteiger partial charge in [-0.25, -0.2) is 0 Å². The van der Waals surface area contributed by atoms with Crippen LogP contribution in [0.2, 0.25) is 0 Å². The summed E-state index contributed by atoms with van der Waals surface area (Å²) >= 11 is 1.88. The van der Waals surface area contributed by atoms with Crippen LogP contribution in [0.25, 0.3) is 81.0 Å². The van der Waals surface area contributed by atoms with Crippen LogP contribution in [0.15, 0.2) is 218 Å². The van der Waals surface area contributed by atoms with Gasteiger partial charge in [-0.1, -0.05) is 158 Å². The van der Waals surface area contributed by atoms with E-state index in [9.17, 15) is 0 Å². The molecule has 2 heterocycles. The second-order valence-electron chi connectivity index (χ2n) is 14.5. The van der Waals surface area contributed by atoms with Crippen LogP contribution >= 0.6 is 11.3 Å². The first-order valence-electron chi connectivity index (χ1n) is 19.4. The van der Waals surface area contributed by atoms with Gasteiger partial charge in [0, 0.05) is 48.9 Å². The normalized spacial score (nSPS) is 11.5. The van der Waals surface area contributed by atoms with E-state index in [2.05, 4.69) is 228 Å². The zero-order valence-electron chi connectivity index (χ0n) is 31.1. The summed E-state index contributed by atoms with van der Waals surface area (Å²) in [6.45, 7) is 0. The van der Waals surface area contributed by atoms with E-state index in [0.717, 1.165) is 17.1 Å². The molecule has 0 amide bonds. The molecule has 11 rings (SSSR count). The molecule has 0 bridgehead atoms. The highest BCUT2D eigenvalue weighted by molar-refractivity contribution is 7.26. The first kappa shape index (κ1) is 33.2. The van der Waals surface area contributed by atoms with Gasteiger partial charge >= 0.3 is 0 Å². The summed E-state index contributed by atoms with van der Waals surface area (Å²) in [4.78, 5) is 2.46. The molecular weight excluding hydrogens is 709 g/mol. The van der Waals surface area contributed by atoms with E-state index in [1.165, 1.54) is 81.0 Å². The van der Waals surface area contributed by atoms with Crippen LogP contribution in [0.3, 0.4) is 0 Å². The number of rotatable bonds is 7. The van der Waals surface area contributed by atoms with Gasteiger partial charge in [0.1, 0.15) is 0 Å². The fourth-order valence-electron chi connectivity index (χ4n) is 8.50. The summed E-state index contributed by atoms with van der Waals surface area (Å²) in [6.07, 6.45) is 0. The van der Waals surface area contributed by atoms with Gasteiger partial charge in [0.25, 0.3) is 0 Å².